The van der Waals surface area contributed by atoms with Gasteiger partial charge in [0.2, 0.25) is 0 Å². The van der Waals surface area contributed by atoms with Crippen LogP contribution in [0.15, 0.2) is 33.5 Å². The highest BCUT2D eigenvalue weighted by molar-refractivity contribution is 5.92. The zero-order valence-electron chi connectivity index (χ0n) is 14.4. The molecule has 1 aliphatic rings. The molecular weight excluding hydrogens is 320 g/mol. The van der Waals surface area contributed by atoms with E-state index >= 15 is 0 Å². The standard InChI is InChI=1S/C20H20O5/c1-23-18(21)16-13-15-7-6-14(12-17(15)25-19(16)22)8-11-20(24-2)9-4-3-5-10-20/h6-7,12-13H,3-5,9-10H2,1-2H3. The first-order chi connectivity index (χ1) is 12.1. The summed E-state index contributed by atoms with van der Waals surface area (Å²) in [7, 11) is 2.93. The first kappa shape index (κ1) is 17.2. The van der Waals surface area contributed by atoms with Crippen LogP contribution in [0.4, 0.5) is 0 Å². The second-order valence-corrected chi connectivity index (χ2v) is 6.20. The monoisotopic (exact) mass is 340 g/mol. The molecule has 1 saturated carbocycles. The maximum atomic E-state index is 11.9. The van der Waals surface area contributed by atoms with Crippen molar-refractivity contribution in [2.45, 2.75) is 37.7 Å². The average molecular weight is 340 g/mol. The van der Waals surface area contributed by atoms with E-state index in [9.17, 15) is 9.59 Å². The molecule has 1 aliphatic carbocycles. The summed E-state index contributed by atoms with van der Waals surface area (Å²) in [4.78, 5) is 23.5. The van der Waals surface area contributed by atoms with Crippen LogP contribution in [0.5, 0.6) is 0 Å². The first-order valence-electron chi connectivity index (χ1n) is 8.31. The maximum absolute atomic E-state index is 11.9. The van der Waals surface area contributed by atoms with Gasteiger partial charge in [0, 0.05) is 18.1 Å². The highest BCUT2D eigenvalue weighted by atomic mass is 16.5. The molecule has 3 rings (SSSR count). The van der Waals surface area contributed by atoms with Gasteiger partial charge in [-0.1, -0.05) is 18.3 Å². The van der Waals surface area contributed by atoms with Crippen LogP contribution in [0.25, 0.3) is 11.0 Å². The zero-order chi connectivity index (χ0) is 17.9. The van der Waals surface area contributed by atoms with Gasteiger partial charge in [-0.05, 0) is 49.9 Å². The van der Waals surface area contributed by atoms with Crippen molar-refractivity contribution in [1.82, 2.24) is 0 Å². The minimum Gasteiger partial charge on any atom is -0.465 e. The third kappa shape index (κ3) is 3.59. The fourth-order valence-corrected chi connectivity index (χ4v) is 3.13. The summed E-state index contributed by atoms with van der Waals surface area (Å²) in [6.07, 6.45) is 5.32. The Labute approximate surface area is 145 Å². The van der Waals surface area contributed by atoms with Crippen LogP contribution in [0.3, 0.4) is 0 Å². The van der Waals surface area contributed by atoms with E-state index in [0.717, 1.165) is 31.2 Å². The molecule has 0 amide bonds. The molecule has 130 valence electrons. The van der Waals surface area contributed by atoms with E-state index in [-0.39, 0.29) is 11.2 Å². The number of esters is 1. The summed E-state index contributed by atoms with van der Waals surface area (Å²) in [5.74, 6) is 5.68. The maximum Gasteiger partial charge on any atom is 0.351 e. The molecule has 0 spiro atoms. The van der Waals surface area contributed by atoms with Crippen LogP contribution in [0.1, 0.15) is 48.0 Å². The molecule has 0 radical (unpaired) electrons. The number of methoxy groups -OCH3 is 2. The van der Waals surface area contributed by atoms with Crippen molar-refractivity contribution >= 4 is 16.9 Å². The average Bonchev–Trinajstić information content (AvgIpc) is 2.65. The largest absolute Gasteiger partial charge is 0.465 e. The molecule has 0 atom stereocenters. The second-order valence-electron chi connectivity index (χ2n) is 6.20. The van der Waals surface area contributed by atoms with Crippen molar-refractivity contribution in [2.75, 3.05) is 14.2 Å². The van der Waals surface area contributed by atoms with Crippen LogP contribution >= 0.6 is 0 Å². The number of carbonyl (C=O) groups excluding carboxylic acids is 1. The van der Waals surface area contributed by atoms with Crippen molar-refractivity contribution in [1.29, 1.82) is 0 Å². The second kappa shape index (κ2) is 7.12. The van der Waals surface area contributed by atoms with Gasteiger partial charge in [-0.15, -0.1) is 0 Å². The predicted octanol–water partition coefficient (Wildman–Crippen LogP) is 3.28. The van der Waals surface area contributed by atoms with E-state index in [2.05, 4.69) is 16.6 Å². The lowest BCUT2D eigenvalue weighted by Crippen LogP contribution is -2.32. The molecule has 0 N–H and O–H groups in total. The lowest BCUT2D eigenvalue weighted by molar-refractivity contribution is 0.0104. The SMILES string of the molecule is COC(=O)c1cc2ccc(C#CC3(OC)CCCCC3)cc2oc1=O. The highest BCUT2D eigenvalue weighted by Crippen LogP contribution is 2.30. The number of hydrogen-bond acceptors (Lipinski definition) is 5. The number of hydrogen-bond donors (Lipinski definition) is 0. The van der Waals surface area contributed by atoms with Crippen LogP contribution in [0, 0.1) is 11.8 Å². The Morgan fingerprint density at radius 3 is 2.60 bits per heavy atom. The van der Waals surface area contributed by atoms with Gasteiger partial charge in [0.25, 0.3) is 0 Å². The van der Waals surface area contributed by atoms with E-state index in [1.165, 1.54) is 19.6 Å². The molecule has 1 heterocycles. The van der Waals surface area contributed by atoms with Crippen LogP contribution in [-0.4, -0.2) is 25.8 Å². The lowest BCUT2D eigenvalue weighted by atomic mass is 9.85. The van der Waals surface area contributed by atoms with Gasteiger partial charge in [-0.2, -0.15) is 0 Å². The summed E-state index contributed by atoms with van der Waals surface area (Å²) in [6, 6.07) is 6.79. The molecule has 5 nitrogen and oxygen atoms in total. The molecule has 0 bridgehead atoms. The Bertz CT molecular complexity index is 907. The quantitative estimate of drug-likeness (QED) is 0.477. The van der Waals surface area contributed by atoms with Crippen LogP contribution < -0.4 is 5.63 Å². The van der Waals surface area contributed by atoms with Crippen molar-refractivity contribution in [3.05, 3.63) is 45.8 Å². The molecule has 1 aromatic heterocycles. The third-order valence-corrected chi connectivity index (χ3v) is 4.63. The summed E-state index contributed by atoms with van der Waals surface area (Å²) < 4.78 is 15.5. The zero-order valence-corrected chi connectivity index (χ0v) is 14.4. The van der Waals surface area contributed by atoms with Gasteiger partial charge in [0.15, 0.2) is 0 Å². The Hall–Kier alpha value is -2.58. The van der Waals surface area contributed by atoms with Crippen molar-refractivity contribution < 1.29 is 18.7 Å². The molecular formula is C20H20O5. The lowest BCUT2D eigenvalue weighted by Gasteiger charge is -2.30. The van der Waals surface area contributed by atoms with Gasteiger partial charge >= 0.3 is 11.6 Å². The minimum absolute atomic E-state index is 0.116. The molecule has 0 unspecified atom stereocenters. The fourth-order valence-electron chi connectivity index (χ4n) is 3.13. The van der Waals surface area contributed by atoms with Crippen LogP contribution in [0.2, 0.25) is 0 Å². The van der Waals surface area contributed by atoms with Gasteiger partial charge in [-0.25, -0.2) is 9.59 Å². The molecule has 1 aromatic carbocycles. The number of fused-ring (bicyclic) bond motifs is 1. The van der Waals surface area contributed by atoms with E-state index < -0.39 is 11.6 Å². The van der Waals surface area contributed by atoms with Gasteiger partial charge in [0.05, 0.1) is 7.11 Å². The fraction of sp³-hybridized carbons (Fsp3) is 0.400. The molecule has 5 heteroatoms. The van der Waals surface area contributed by atoms with Crippen molar-refractivity contribution in [3.63, 3.8) is 0 Å². The summed E-state index contributed by atoms with van der Waals surface area (Å²) >= 11 is 0. The number of carbonyl (C=O) groups is 1. The number of benzene rings is 1. The normalized spacial score (nSPS) is 16.1. The topological polar surface area (TPSA) is 65.7 Å². The summed E-state index contributed by atoms with van der Waals surface area (Å²) in [6.45, 7) is 0. The minimum atomic E-state index is -0.717. The molecule has 1 fully saturated rings. The Kier molecular flexibility index (Phi) is 4.91. The van der Waals surface area contributed by atoms with Gasteiger partial charge < -0.3 is 13.9 Å². The van der Waals surface area contributed by atoms with Gasteiger partial charge in [-0.3, -0.25) is 0 Å². The molecule has 0 aliphatic heterocycles. The third-order valence-electron chi connectivity index (χ3n) is 4.63. The van der Waals surface area contributed by atoms with Crippen LogP contribution in [-0.2, 0) is 9.47 Å². The number of rotatable bonds is 2. The van der Waals surface area contributed by atoms with E-state index in [1.54, 1.807) is 19.2 Å². The molecule has 0 saturated heterocycles. The smallest absolute Gasteiger partial charge is 0.351 e. The Morgan fingerprint density at radius 1 is 1.16 bits per heavy atom. The first-order valence-corrected chi connectivity index (χ1v) is 8.31. The Balaban J connectivity index is 1.96. The van der Waals surface area contributed by atoms with Gasteiger partial charge in [0.1, 0.15) is 16.7 Å². The van der Waals surface area contributed by atoms with E-state index in [0.29, 0.717) is 11.0 Å². The van der Waals surface area contributed by atoms with Crippen molar-refractivity contribution in [3.8, 4) is 11.8 Å². The predicted molar refractivity (Wildman–Crippen MR) is 93.5 cm³/mol. The molecule has 2 aromatic rings. The summed E-state index contributed by atoms with van der Waals surface area (Å²) in [5, 5.41) is 0.643. The summed E-state index contributed by atoms with van der Waals surface area (Å²) in [5.41, 5.74) is -0.0921. The highest BCUT2D eigenvalue weighted by Gasteiger charge is 2.29. The number of ether oxygens (including phenoxy) is 2. The molecule has 25 heavy (non-hydrogen) atoms. The Morgan fingerprint density at radius 2 is 1.92 bits per heavy atom. The van der Waals surface area contributed by atoms with E-state index in [4.69, 9.17) is 9.15 Å². The van der Waals surface area contributed by atoms with E-state index in [1.807, 2.05) is 6.07 Å². The van der Waals surface area contributed by atoms with Crippen molar-refractivity contribution in [2.24, 2.45) is 0 Å².